The number of carbonyl (C=O) groups excluding carboxylic acids is 1. The lowest BCUT2D eigenvalue weighted by Crippen LogP contribution is -2.33. The van der Waals surface area contributed by atoms with E-state index in [1.165, 1.54) is 17.2 Å². The maximum atomic E-state index is 12.2. The second kappa shape index (κ2) is 10.3. The van der Waals surface area contributed by atoms with E-state index >= 15 is 0 Å². The van der Waals surface area contributed by atoms with Crippen LogP contribution in [0.1, 0.15) is 18.2 Å². The van der Waals surface area contributed by atoms with Crippen LogP contribution in [0.2, 0.25) is 0 Å². The molecule has 1 aliphatic heterocycles. The third kappa shape index (κ3) is 5.82. The fourth-order valence-corrected chi connectivity index (χ4v) is 4.12. The van der Waals surface area contributed by atoms with Crippen LogP contribution < -0.4 is 10.5 Å². The molecule has 35 heavy (non-hydrogen) atoms. The maximum absolute atomic E-state index is 12.2. The molecule has 1 aliphatic rings. The normalized spacial score (nSPS) is 23.9. The molecule has 3 aromatic rings. The van der Waals surface area contributed by atoms with Crippen molar-refractivity contribution in [3.8, 4) is 5.75 Å². The van der Waals surface area contributed by atoms with Crippen molar-refractivity contribution >= 4 is 30.8 Å². The van der Waals surface area contributed by atoms with Gasteiger partial charge in [0.05, 0.1) is 26.0 Å². The van der Waals surface area contributed by atoms with Crippen LogP contribution in [0, 0.1) is 6.92 Å². The summed E-state index contributed by atoms with van der Waals surface area (Å²) >= 11 is 0. The van der Waals surface area contributed by atoms with Gasteiger partial charge >= 0.3 is 13.8 Å². The molecule has 1 aromatic carbocycles. The van der Waals surface area contributed by atoms with Crippen molar-refractivity contribution < 1.29 is 43.0 Å². The van der Waals surface area contributed by atoms with E-state index in [4.69, 9.17) is 24.3 Å². The Labute approximate surface area is 198 Å². The summed E-state index contributed by atoms with van der Waals surface area (Å²) in [6, 6.07) is 6.79. The predicted molar refractivity (Wildman–Crippen MR) is 119 cm³/mol. The van der Waals surface area contributed by atoms with Crippen molar-refractivity contribution in [2.24, 2.45) is 0 Å². The zero-order valence-electron chi connectivity index (χ0n) is 18.5. The average molecular weight is 509 g/mol. The lowest BCUT2D eigenvalue weighted by molar-refractivity contribution is -0.135. The summed E-state index contributed by atoms with van der Waals surface area (Å²) in [7, 11) is -4.60. The number of aliphatic hydroxyl groups is 2. The van der Waals surface area contributed by atoms with Crippen LogP contribution in [-0.2, 0) is 23.1 Å². The highest BCUT2D eigenvalue weighted by Gasteiger charge is 2.45. The minimum atomic E-state index is -4.60. The van der Waals surface area contributed by atoms with Gasteiger partial charge in [-0.3, -0.25) is 18.4 Å². The number of phosphoric acid groups is 1. The van der Waals surface area contributed by atoms with Gasteiger partial charge in [-0.15, -0.1) is 0 Å². The minimum Gasteiger partial charge on any atom is -0.426 e. The molecule has 1 unspecified atom stereocenters. The van der Waals surface area contributed by atoms with E-state index < -0.39 is 51.5 Å². The molecule has 0 spiro atoms. The van der Waals surface area contributed by atoms with Crippen molar-refractivity contribution in [1.29, 1.82) is 0 Å². The summed E-state index contributed by atoms with van der Waals surface area (Å²) in [6.07, 6.45) is -2.95. The van der Waals surface area contributed by atoms with Crippen molar-refractivity contribution in [3.63, 3.8) is 0 Å². The van der Waals surface area contributed by atoms with Gasteiger partial charge in [-0.2, -0.15) is 0 Å². The third-order valence-electron chi connectivity index (χ3n) is 5.21. The lowest BCUT2D eigenvalue weighted by atomic mass is 10.1. The van der Waals surface area contributed by atoms with Crippen LogP contribution in [-0.4, -0.2) is 72.1 Å². The SMILES string of the molecule is Cc1ccc(OC(=O)CCOP(=O)(O)OC[C@H]2O[C@@H](n3cnc4c(N)ncnc43)[C@H](O)[C@@H]2O)cc1. The maximum Gasteiger partial charge on any atom is 0.472 e. The van der Waals surface area contributed by atoms with Gasteiger partial charge in [0.15, 0.2) is 17.7 Å². The Morgan fingerprint density at radius 1 is 1.17 bits per heavy atom. The number of nitrogens with two attached hydrogens (primary N) is 1. The first-order valence-electron chi connectivity index (χ1n) is 10.5. The molecule has 3 heterocycles. The molecule has 14 nitrogen and oxygen atoms in total. The average Bonchev–Trinajstić information content (AvgIpc) is 3.36. The Morgan fingerprint density at radius 3 is 2.66 bits per heavy atom. The molecule has 5 atom stereocenters. The number of aryl methyl sites for hydroxylation is 1. The van der Waals surface area contributed by atoms with Crippen LogP contribution in [0.3, 0.4) is 0 Å². The Kier molecular flexibility index (Phi) is 7.42. The highest BCUT2D eigenvalue weighted by Crippen LogP contribution is 2.44. The van der Waals surface area contributed by atoms with Gasteiger partial charge in [-0.25, -0.2) is 19.5 Å². The molecule has 1 fully saturated rings. The minimum absolute atomic E-state index is 0.128. The summed E-state index contributed by atoms with van der Waals surface area (Å²) in [5, 5.41) is 20.8. The molecule has 188 valence electrons. The number of aliphatic hydroxyl groups excluding tert-OH is 2. The van der Waals surface area contributed by atoms with Crippen LogP contribution >= 0.6 is 7.82 Å². The monoisotopic (exact) mass is 509 g/mol. The van der Waals surface area contributed by atoms with E-state index in [-0.39, 0.29) is 23.4 Å². The molecule has 5 N–H and O–H groups in total. The molecule has 0 aliphatic carbocycles. The molecule has 0 bridgehead atoms. The standard InChI is InChI=1S/C20H24N5O9P/c1-11-2-4-12(5-3-11)33-14(26)6-7-31-35(29,30)32-8-13-16(27)17(28)20(34-13)25-10-24-15-18(21)22-9-23-19(15)25/h2-5,9-10,13,16-17,20,27-28H,6-8H2,1H3,(H,29,30)(H2,21,22,23)/t13-,16-,17-,20-/m1/s1. The van der Waals surface area contributed by atoms with Crippen molar-refractivity contribution in [2.45, 2.75) is 37.9 Å². The van der Waals surface area contributed by atoms with Crippen molar-refractivity contribution in [3.05, 3.63) is 42.5 Å². The highest BCUT2D eigenvalue weighted by molar-refractivity contribution is 7.47. The number of hydrogen-bond acceptors (Lipinski definition) is 12. The predicted octanol–water partition coefficient (Wildman–Crippen LogP) is 0.465. The van der Waals surface area contributed by atoms with Gasteiger partial charge in [0.1, 0.15) is 35.9 Å². The Balaban J connectivity index is 1.28. The fraction of sp³-hybridized carbons (Fsp3) is 0.400. The number of rotatable bonds is 9. The molecule has 4 rings (SSSR count). The number of hydrogen-bond donors (Lipinski definition) is 4. The lowest BCUT2D eigenvalue weighted by Gasteiger charge is -2.17. The zero-order chi connectivity index (χ0) is 25.2. The molecule has 2 aromatic heterocycles. The number of esters is 1. The van der Waals surface area contributed by atoms with Crippen LogP contribution in [0.25, 0.3) is 11.2 Å². The van der Waals surface area contributed by atoms with Gasteiger partial charge in [0.2, 0.25) is 0 Å². The molecule has 0 radical (unpaired) electrons. The van der Waals surface area contributed by atoms with E-state index in [2.05, 4.69) is 15.0 Å². The van der Waals surface area contributed by atoms with E-state index in [1.54, 1.807) is 24.3 Å². The van der Waals surface area contributed by atoms with Gasteiger partial charge in [-0.1, -0.05) is 17.7 Å². The number of benzene rings is 1. The largest absolute Gasteiger partial charge is 0.472 e. The van der Waals surface area contributed by atoms with E-state index in [0.717, 1.165) is 5.56 Å². The zero-order valence-corrected chi connectivity index (χ0v) is 19.4. The molecular formula is C20H24N5O9P. The number of anilines is 1. The smallest absolute Gasteiger partial charge is 0.426 e. The van der Waals surface area contributed by atoms with E-state index in [9.17, 15) is 24.5 Å². The summed E-state index contributed by atoms with van der Waals surface area (Å²) in [4.78, 5) is 33.7. The summed E-state index contributed by atoms with van der Waals surface area (Å²) in [6.45, 7) is 0.861. The Bertz CT molecular complexity index is 1240. The third-order valence-corrected chi connectivity index (χ3v) is 6.20. The van der Waals surface area contributed by atoms with Gasteiger partial charge < -0.3 is 30.3 Å². The first-order chi connectivity index (χ1) is 16.6. The Hall–Kier alpha value is -2.97. The van der Waals surface area contributed by atoms with E-state index in [0.29, 0.717) is 5.75 Å². The fourth-order valence-electron chi connectivity index (χ4n) is 3.39. The quantitative estimate of drug-likeness (QED) is 0.176. The molecule has 15 heteroatoms. The van der Waals surface area contributed by atoms with Crippen LogP contribution in [0.4, 0.5) is 5.82 Å². The topological polar surface area (TPSA) is 201 Å². The van der Waals surface area contributed by atoms with Crippen LogP contribution in [0.5, 0.6) is 5.75 Å². The second-order valence-corrected chi connectivity index (χ2v) is 9.22. The summed E-state index contributed by atoms with van der Waals surface area (Å²) in [5.41, 5.74) is 7.30. The van der Waals surface area contributed by atoms with E-state index in [1.807, 2.05) is 6.92 Å². The first kappa shape index (κ1) is 25.1. The van der Waals surface area contributed by atoms with Crippen LogP contribution in [0.15, 0.2) is 36.9 Å². The van der Waals surface area contributed by atoms with Crippen molar-refractivity contribution in [1.82, 2.24) is 19.5 Å². The number of carbonyl (C=O) groups is 1. The Morgan fingerprint density at radius 2 is 1.91 bits per heavy atom. The second-order valence-electron chi connectivity index (χ2n) is 7.76. The molecular weight excluding hydrogens is 485 g/mol. The number of fused-ring (bicyclic) bond motifs is 1. The number of phosphoric ester groups is 1. The summed E-state index contributed by atoms with van der Waals surface area (Å²) in [5.74, 6) is -0.196. The molecule has 1 saturated heterocycles. The molecule has 0 amide bonds. The highest BCUT2D eigenvalue weighted by atomic mass is 31.2. The number of nitrogen functional groups attached to an aromatic ring is 1. The number of aromatic nitrogens is 4. The number of ether oxygens (including phenoxy) is 2. The number of nitrogens with zero attached hydrogens (tertiary/aromatic N) is 4. The van der Waals surface area contributed by atoms with Gasteiger partial charge in [-0.05, 0) is 19.1 Å². The number of imidazole rings is 1. The molecule has 0 saturated carbocycles. The first-order valence-corrected chi connectivity index (χ1v) is 12.0. The van der Waals surface area contributed by atoms with Crippen molar-refractivity contribution in [2.75, 3.05) is 18.9 Å². The van der Waals surface area contributed by atoms with Gasteiger partial charge in [0, 0.05) is 0 Å². The van der Waals surface area contributed by atoms with Gasteiger partial charge in [0.25, 0.3) is 0 Å². The summed E-state index contributed by atoms with van der Waals surface area (Å²) < 4.78 is 33.9.